The molecule has 1 saturated heterocycles. The molecule has 0 saturated carbocycles. The Hall–Kier alpha value is -2.12. The van der Waals surface area contributed by atoms with Crippen molar-refractivity contribution in [3.05, 3.63) is 36.5 Å². The van der Waals surface area contributed by atoms with Crippen molar-refractivity contribution in [2.45, 2.75) is 372 Å². The van der Waals surface area contributed by atoms with Crippen LogP contribution in [0.25, 0.3) is 0 Å². The number of hydrogen-bond donors (Lipinski definition) is 6. The first kappa shape index (κ1) is 74.9. The minimum absolute atomic E-state index is 0.125. The Bertz CT molecular complexity index is 1420. The number of carbonyl (C=O) groups excluding carboxylic acids is 2. The second-order valence-corrected chi connectivity index (χ2v) is 23.6. The van der Waals surface area contributed by atoms with Gasteiger partial charge in [0.15, 0.2) is 12.4 Å². The standard InChI is InChI=1S/C68H127NO10/c1-4-7-10-13-16-19-22-24-26-28-30-31-32-34-36-38-41-44-47-50-53-56-63(73)79-66-65(75)64(74)62(57-70)78-68(66)77-58-59(60(71)54-51-48-45-42-39-21-18-15-12-9-6-3)69-67(76)61(72)55-52-49-46-43-40-37-35-33-29-27-25-23-20-17-14-11-8-5-2/h24-27,51,54,59-62,64-66,68,70-72,74-75H,4-23,28-50,52-53,55-58H2,1-3H3,(H,69,76)/b26-24+,27-25+,54-51+. The molecule has 11 nitrogen and oxygen atoms in total. The van der Waals surface area contributed by atoms with Crippen molar-refractivity contribution in [2.75, 3.05) is 13.2 Å². The molecule has 8 unspecified atom stereocenters. The Balaban J connectivity index is 2.60. The first-order valence-electron chi connectivity index (χ1n) is 33.8. The largest absolute Gasteiger partial charge is 0.454 e. The summed E-state index contributed by atoms with van der Waals surface area (Å²) in [6, 6.07) is -1.02. The van der Waals surface area contributed by atoms with Crippen LogP contribution < -0.4 is 5.32 Å². The summed E-state index contributed by atoms with van der Waals surface area (Å²) in [6.45, 7) is 5.81. The third-order valence-corrected chi connectivity index (χ3v) is 16.0. The molecule has 1 rings (SSSR count). The SMILES string of the molecule is CCCCCCCC/C=C/CCCCCCCCCCCCCC(=O)OC1C(OCC(NC(=O)C(O)CCCCCCCCCC/C=C/CCCCCCCC)C(O)/C=C/CCCCCCCCCCC)OC(CO)C(O)C1O. The van der Waals surface area contributed by atoms with E-state index in [1.807, 2.05) is 6.08 Å². The smallest absolute Gasteiger partial charge is 0.306 e. The predicted molar refractivity (Wildman–Crippen MR) is 329 cm³/mol. The zero-order valence-corrected chi connectivity index (χ0v) is 51.5. The van der Waals surface area contributed by atoms with Crippen LogP contribution >= 0.6 is 0 Å². The third-order valence-electron chi connectivity index (χ3n) is 16.0. The summed E-state index contributed by atoms with van der Waals surface area (Å²) in [5.41, 5.74) is 0. The third kappa shape index (κ3) is 44.1. The summed E-state index contributed by atoms with van der Waals surface area (Å²) < 4.78 is 17.7. The van der Waals surface area contributed by atoms with Crippen LogP contribution in [-0.4, -0.2) is 99.6 Å². The Morgan fingerprint density at radius 1 is 0.481 bits per heavy atom. The number of nitrogens with one attached hydrogen (secondary N) is 1. The Labute approximate surface area is 485 Å². The average molecular weight is 1120 g/mol. The van der Waals surface area contributed by atoms with Gasteiger partial charge in [-0.3, -0.25) is 9.59 Å². The van der Waals surface area contributed by atoms with Gasteiger partial charge in [0.1, 0.15) is 24.4 Å². The van der Waals surface area contributed by atoms with Gasteiger partial charge in [-0.2, -0.15) is 0 Å². The summed E-state index contributed by atoms with van der Waals surface area (Å²) in [4.78, 5) is 26.6. The van der Waals surface area contributed by atoms with E-state index in [1.54, 1.807) is 6.08 Å². The van der Waals surface area contributed by atoms with Crippen LogP contribution in [-0.2, 0) is 23.8 Å². The molecule has 1 aliphatic heterocycles. The molecule has 1 heterocycles. The van der Waals surface area contributed by atoms with Gasteiger partial charge in [0.2, 0.25) is 5.91 Å². The molecule has 8 atom stereocenters. The predicted octanol–water partition coefficient (Wildman–Crippen LogP) is 16.6. The normalized spacial score (nSPS) is 19.0. The lowest BCUT2D eigenvalue weighted by Crippen LogP contribution is -2.61. The highest BCUT2D eigenvalue weighted by Gasteiger charge is 2.47. The number of aliphatic hydroxyl groups is 5. The van der Waals surface area contributed by atoms with E-state index in [0.29, 0.717) is 19.3 Å². The molecule has 1 amide bonds. The van der Waals surface area contributed by atoms with Gasteiger partial charge >= 0.3 is 5.97 Å². The molecule has 1 fully saturated rings. The van der Waals surface area contributed by atoms with E-state index in [1.165, 1.54) is 212 Å². The van der Waals surface area contributed by atoms with Crippen molar-refractivity contribution in [1.29, 1.82) is 0 Å². The topological polar surface area (TPSA) is 175 Å². The van der Waals surface area contributed by atoms with E-state index in [9.17, 15) is 35.1 Å². The fraction of sp³-hybridized carbons (Fsp3) is 0.882. The molecule has 11 heteroatoms. The number of ether oxygens (including phenoxy) is 3. The molecule has 79 heavy (non-hydrogen) atoms. The van der Waals surface area contributed by atoms with Crippen molar-refractivity contribution in [3.8, 4) is 0 Å². The van der Waals surface area contributed by atoms with Crippen molar-refractivity contribution < 1.29 is 49.3 Å². The second-order valence-electron chi connectivity index (χ2n) is 23.6. The molecular weight excluding hydrogens is 991 g/mol. The highest BCUT2D eigenvalue weighted by Crippen LogP contribution is 2.26. The van der Waals surface area contributed by atoms with Crippen LogP contribution in [0.4, 0.5) is 0 Å². The molecule has 0 aromatic rings. The minimum Gasteiger partial charge on any atom is -0.454 e. The molecule has 464 valence electrons. The Morgan fingerprint density at radius 3 is 1.23 bits per heavy atom. The highest BCUT2D eigenvalue weighted by molar-refractivity contribution is 5.80. The summed E-state index contributed by atoms with van der Waals surface area (Å²) in [5.74, 6) is -1.19. The van der Waals surface area contributed by atoms with Crippen LogP contribution in [0.1, 0.15) is 323 Å². The monoisotopic (exact) mass is 1120 g/mol. The molecule has 0 aromatic heterocycles. The number of aliphatic hydroxyl groups excluding tert-OH is 5. The highest BCUT2D eigenvalue weighted by atomic mass is 16.7. The van der Waals surface area contributed by atoms with Crippen LogP contribution in [0.15, 0.2) is 36.5 Å². The maximum atomic E-state index is 13.4. The first-order valence-corrected chi connectivity index (χ1v) is 33.8. The number of esters is 1. The van der Waals surface area contributed by atoms with Gasteiger partial charge in [-0.1, -0.05) is 276 Å². The molecule has 0 radical (unpaired) electrons. The van der Waals surface area contributed by atoms with E-state index in [4.69, 9.17) is 14.2 Å². The number of amides is 1. The lowest BCUT2D eigenvalue weighted by molar-refractivity contribution is -0.305. The van der Waals surface area contributed by atoms with Gasteiger partial charge in [-0.25, -0.2) is 0 Å². The van der Waals surface area contributed by atoms with Crippen molar-refractivity contribution in [1.82, 2.24) is 5.32 Å². The summed E-state index contributed by atoms with van der Waals surface area (Å²) >= 11 is 0. The van der Waals surface area contributed by atoms with E-state index in [-0.39, 0.29) is 13.0 Å². The van der Waals surface area contributed by atoms with Crippen LogP contribution in [0.2, 0.25) is 0 Å². The zero-order chi connectivity index (χ0) is 57.5. The van der Waals surface area contributed by atoms with Crippen molar-refractivity contribution in [3.63, 3.8) is 0 Å². The summed E-state index contributed by atoms with van der Waals surface area (Å²) in [6.07, 6.45) is 57.5. The van der Waals surface area contributed by atoms with Gasteiger partial charge in [0, 0.05) is 6.42 Å². The van der Waals surface area contributed by atoms with E-state index < -0.39 is 67.4 Å². The molecule has 6 N–H and O–H groups in total. The van der Waals surface area contributed by atoms with Crippen LogP contribution in [0.5, 0.6) is 0 Å². The number of hydrogen-bond acceptors (Lipinski definition) is 10. The van der Waals surface area contributed by atoms with Crippen molar-refractivity contribution >= 4 is 11.9 Å². The molecule has 0 aromatic carbocycles. The van der Waals surface area contributed by atoms with Crippen LogP contribution in [0.3, 0.4) is 0 Å². The lowest BCUT2D eigenvalue weighted by Gasteiger charge is -2.41. The number of unbranched alkanes of at least 4 members (excludes halogenated alkanes) is 40. The Morgan fingerprint density at radius 2 is 0.835 bits per heavy atom. The second kappa shape index (κ2) is 56.4. The fourth-order valence-electron chi connectivity index (χ4n) is 10.6. The summed E-state index contributed by atoms with van der Waals surface area (Å²) in [5, 5.41) is 57.1. The van der Waals surface area contributed by atoms with E-state index >= 15 is 0 Å². The van der Waals surface area contributed by atoms with Crippen molar-refractivity contribution in [2.24, 2.45) is 0 Å². The molecule has 0 bridgehead atoms. The molecule has 0 aliphatic carbocycles. The molecular formula is C68H127NO10. The van der Waals surface area contributed by atoms with Gasteiger partial charge in [-0.05, 0) is 77.0 Å². The number of allylic oxidation sites excluding steroid dienone is 5. The maximum Gasteiger partial charge on any atom is 0.306 e. The summed E-state index contributed by atoms with van der Waals surface area (Å²) in [7, 11) is 0. The van der Waals surface area contributed by atoms with E-state index in [2.05, 4.69) is 50.4 Å². The quantitative estimate of drug-likeness (QED) is 0.0195. The van der Waals surface area contributed by atoms with Gasteiger partial charge in [0.25, 0.3) is 0 Å². The van der Waals surface area contributed by atoms with Crippen LogP contribution in [0, 0.1) is 0 Å². The average Bonchev–Trinajstić information content (AvgIpc) is 3.47. The number of carbonyl (C=O) groups is 2. The first-order chi connectivity index (χ1) is 38.7. The van der Waals surface area contributed by atoms with E-state index in [0.717, 1.165) is 64.2 Å². The zero-order valence-electron chi connectivity index (χ0n) is 51.5. The Kier molecular flexibility index (Phi) is 53.4. The minimum atomic E-state index is -1.61. The lowest BCUT2D eigenvalue weighted by atomic mass is 9.99. The van der Waals surface area contributed by atoms with Gasteiger partial charge in [-0.15, -0.1) is 0 Å². The van der Waals surface area contributed by atoms with Gasteiger partial charge < -0.3 is 45.1 Å². The fourth-order valence-corrected chi connectivity index (χ4v) is 10.6. The molecule has 0 spiro atoms. The maximum absolute atomic E-state index is 13.4. The van der Waals surface area contributed by atoms with Gasteiger partial charge in [0.05, 0.1) is 25.4 Å². The number of rotatable bonds is 58. The molecule has 1 aliphatic rings.